The maximum Gasteiger partial charge on any atom is 0.264 e. The van der Waals surface area contributed by atoms with Crippen LogP contribution in [0.5, 0.6) is 0 Å². The second kappa shape index (κ2) is 14.0. The van der Waals surface area contributed by atoms with Crippen molar-refractivity contribution >= 4 is 60.0 Å². The van der Waals surface area contributed by atoms with Gasteiger partial charge in [0.1, 0.15) is 0 Å². The standard InChI is InChI=1S/C37H35N5O5S2/c1-41(2)24-25-42(49(46,47)32-16-10-5-11-17-32)30-21-18-28(19-22-30)38-36(27-12-6-3-7-13-27)35-33-26-29(20-23-34(33)39-37(35)43)40-48(44,45)31-14-8-4-9-15-31/h3-23,26,38,40H,24-25H2,1-2H3,(H,39,43)/b36-35-. The molecule has 0 radical (unpaired) electrons. The van der Waals surface area contributed by atoms with Crippen molar-refractivity contribution in [2.75, 3.05) is 46.8 Å². The summed E-state index contributed by atoms with van der Waals surface area (Å²) < 4.78 is 57.6. The van der Waals surface area contributed by atoms with Gasteiger partial charge in [0, 0.05) is 35.7 Å². The van der Waals surface area contributed by atoms with Gasteiger partial charge in [-0.05, 0) is 86.4 Å². The van der Waals surface area contributed by atoms with Crippen molar-refractivity contribution in [3.63, 3.8) is 0 Å². The second-order valence-electron chi connectivity index (χ2n) is 11.6. The SMILES string of the molecule is CN(C)CCN(c1ccc(N/C(=C2\C(=O)Nc3ccc(NS(=O)(=O)c4ccccc4)cc32)c2ccccc2)cc1)S(=O)(=O)c1ccccc1. The lowest BCUT2D eigenvalue weighted by Crippen LogP contribution is -2.36. The van der Waals surface area contributed by atoms with Gasteiger partial charge >= 0.3 is 0 Å². The van der Waals surface area contributed by atoms with Crippen molar-refractivity contribution in [1.29, 1.82) is 0 Å². The van der Waals surface area contributed by atoms with Crippen LogP contribution in [0.25, 0.3) is 11.3 Å². The number of sulfonamides is 2. The molecule has 12 heteroatoms. The number of hydrogen-bond acceptors (Lipinski definition) is 7. The molecule has 5 aromatic carbocycles. The zero-order chi connectivity index (χ0) is 34.6. The van der Waals surface area contributed by atoms with Crippen molar-refractivity contribution < 1.29 is 21.6 Å². The number of amides is 1. The van der Waals surface area contributed by atoms with E-state index in [4.69, 9.17) is 0 Å². The van der Waals surface area contributed by atoms with Crippen molar-refractivity contribution in [3.05, 3.63) is 145 Å². The highest BCUT2D eigenvalue weighted by Gasteiger charge is 2.30. The molecule has 0 fully saturated rings. The summed E-state index contributed by atoms with van der Waals surface area (Å²) in [5.74, 6) is -0.357. The Morgan fingerprint density at radius 2 is 1.24 bits per heavy atom. The van der Waals surface area contributed by atoms with Crippen molar-refractivity contribution in [3.8, 4) is 0 Å². The fourth-order valence-electron chi connectivity index (χ4n) is 5.43. The van der Waals surface area contributed by atoms with Crippen molar-refractivity contribution in [1.82, 2.24) is 4.90 Å². The van der Waals surface area contributed by atoms with E-state index in [0.29, 0.717) is 46.1 Å². The summed E-state index contributed by atoms with van der Waals surface area (Å²) in [4.78, 5) is 15.8. The predicted molar refractivity (Wildman–Crippen MR) is 195 cm³/mol. The number of fused-ring (bicyclic) bond motifs is 1. The summed E-state index contributed by atoms with van der Waals surface area (Å²) in [6.45, 7) is 0.748. The summed E-state index contributed by atoms with van der Waals surface area (Å²) in [7, 11) is -3.94. The van der Waals surface area contributed by atoms with Crippen molar-refractivity contribution in [2.24, 2.45) is 0 Å². The van der Waals surface area contributed by atoms with Gasteiger partial charge in [0.25, 0.3) is 26.0 Å². The lowest BCUT2D eigenvalue weighted by Gasteiger charge is -2.26. The van der Waals surface area contributed by atoms with E-state index in [1.54, 1.807) is 91.0 Å². The fourth-order valence-corrected chi connectivity index (χ4v) is 7.98. The fraction of sp³-hybridized carbons (Fsp3) is 0.108. The summed E-state index contributed by atoms with van der Waals surface area (Å²) >= 11 is 0. The molecule has 0 unspecified atom stereocenters. The first kappa shape index (κ1) is 33.5. The third kappa shape index (κ3) is 7.36. The highest BCUT2D eigenvalue weighted by Crippen LogP contribution is 2.39. The van der Waals surface area contributed by atoms with Crippen LogP contribution in [0.3, 0.4) is 0 Å². The van der Waals surface area contributed by atoms with Gasteiger partial charge in [0.15, 0.2) is 0 Å². The molecule has 0 saturated carbocycles. The summed E-state index contributed by atoms with van der Waals surface area (Å²) in [5.41, 5.74) is 4.00. The van der Waals surface area contributed by atoms with Gasteiger partial charge in [-0.1, -0.05) is 66.7 Å². The minimum Gasteiger partial charge on any atom is -0.354 e. The minimum absolute atomic E-state index is 0.118. The predicted octanol–water partition coefficient (Wildman–Crippen LogP) is 6.18. The number of nitrogens with zero attached hydrogens (tertiary/aromatic N) is 2. The molecule has 250 valence electrons. The Balaban J connectivity index is 1.37. The van der Waals surface area contributed by atoms with E-state index in [2.05, 4.69) is 15.4 Å². The minimum atomic E-state index is -3.87. The number of carbonyl (C=O) groups is 1. The van der Waals surface area contributed by atoms with Crippen LogP contribution in [0.4, 0.5) is 22.7 Å². The van der Waals surface area contributed by atoms with Gasteiger partial charge in [-0.15, -0.1) is 0 Å². The summed E-state index contributed by atoms with van der Waals surface area (Å²) in [6, 6.07) is 37.6. The van der Waals surface area contributed by atoms with Gasteiger partial charge < -0.3 is 15.5 Å². The summed E-state index contributed by atoms with van der Waals surface area (Å²) in [5, 5.41) is 6.29. The van der Waals surface area contributed by atoms with E-state index in [1.165, 1.54) is 16.4 Å². The molecule has 0 atom stereocenters. The molecular formula is C37H35N5O5S2. The Morgan fingerprint density at radius 3 is 1.86 bits per heavy atom. The first-order chi connectivity index (χ1) is 23.5. The smallest absolute Gasteiger partial charge is 0.264 e. The highest BCUT2D eigenvalue weighted by molar-refractivity contribution is 7.93. The number of anilines is 4. The van der Waals surface area contributed by atoms with Crippen LogP contribution in [0.15, 0.2) is 143 Å². The van der Waals surface area contributed by atoms with E-state index in [1.807, 2.05) is 49.3 Å². The molecule has 1 amide bonds. The molecule has 0 spiro atoms. The Hall–Kier alpha value is -5.43. The van der Waals surface area contributed by atoms with E-state index in [-0.39, 0.29) is 22.2 Å². The molecular weight excluding hydrogens is 659 g/mol. The van der Waals surface area contributed by atoms with Gasteiger partial charge in [-0.3, -0.25) is 13.8 Å². The molecule has 0 aliphatic carbocycles. The highest BCUT2D eigenvalue weighted by atomic mass is 32.2. The van der Waals surface area contributed by atoms with Crippen LogP contribution in [0.1, 0.15) is 11.1 Å². The largest absolute Gasteiger partial charge is 0.354 e. The number of rotatable bonds is 12. The van der Waals surface area contributed by atoms with Gasteiger partial charge in [-0.2, -0.15) is 0 Å². The van der Waals surface area contributed by atoms with Gasteiger partial charge in [0.2, 0.25) is 0 Å². The molecule has 5 aromatic rings. The first-order valence-corrected chi connectivity index (χ1v) is 18.4. The molecule has 3 N–H and O–H groups in total. The number of carbonyl (C=O) groups excluding carboxylic acids is 1. The third-order valence-electron chi connectivity index (χ3n) is 7.89. The first-order valence-electron chi connectivity index (χ1n) is 15.5. The van der Waals surface area contributed by atoms with Crippen molar-refractivity contribution in [2.45, 2.75) is 9.79 Å². The molecule has 0 aromatic heterocycles. The lowest BCUT2D eigenvalue weighted by atomic mass is 9.99. The maximum atomic E-state index is 13.7. The molecule has 49 heavy (non-hydrogen) atoms. The zero-order valence-electron chi connectivity index (χ0n) is 26.9. The molecule has 10 nitrogen and oxygen atoms in total. The molecule has 0 bridgehead atoms. The zero-order valence-corrected chi connectivity index (χ0v) is 28.5. The van der Waals surface area contributed by atoms with E-state index in [9.17, 15) is 21.6 Å². The monoisotopic (exact) mass is 693 g/mol. The van der Waals surface area contributed by atoms with E-state index in [0.717, 1.165) is 5.56 Å². The number of hydrogen-bond donors (Lipinski definition) is 3. The third-order valence-corrected chi connectivity index (χ3v) is 11.1. The van der Waals surface area contributed by atoms with Gasteiger partial charge in [-0.25, -0.2) is 16.8 Å². The van der Waals surface area contributed by atoms with Gasteiger partial charge in [0.05, 0.1) is 26.7 Å². The van der Waals surface area contributed by atoms with E-state index < -0.39 is 20.0 Å². The Kier molecular flexibility index (Phi) is 9.54. The quantitative estimate of drug-likeness (QED) is 0.133. The van der Waals surface area contributed by atoms with Crippen LogP contribution >= 0.6 is 0 Å². The second-order valence-corrected chi connectivity index (χ2v) is 15.2. The molecule has 1 heterocycles. The molecule has 1 aliphatic rings. The van der Waals surface area contributed by atoms with Crippen LogP contribution < -0.4 is 19.7 Å². The lowest BCUT2D eigenvalue weighted by molar-refractivity contribution is -0.110. The maximum absolute atomic E-state index is 13.7. The topological polar surface area (TPSA) is 128 Å². The number of likely N-dealkylation sites (N-methyl/N-ethyl adjacent to an activating group) is 1. The van der Waals surface area contributed by atoms with E-state index >= 15 is 0 Å². The Morgan fingerprint density at radius 1 is 0.673 bits per heavy atom. The Bertz CT molecular complexity index is 2210. The number of benzene rings is 5. The molecule has 0 saturated heterocycles. The number of nitrogens with one attached hydrogen (secondary N) is 3. The average molecular weight is 694 g/mol. The van der Waals surface area contributed by atoms with Crippen LogP contribution in [0.2, 0.25) is 0 Å². The van der Waals surface area contributed by atoms with Crippen LogP contribution in [-0.4, -0.2) is 54.8 Å². The van der Waals surface area contributed by atoms with Crippen LogP contribution in [-0.2, 0) is 24.8 Å². The average Bonchev–Trinajstić information content (AvgIpc) is 3.43. The Labute approximate surface area is 286 Å². The summed E-state index contributed by atoms with van der Waals surface area (Å²) in [6.07, 6.45) is 0. The molecule has 1 aliphatic heterocycles. The normalized spacial score (nSPS) is 13.8. The molecule has 6 rings (SSSR count). The van der Waals surface area contributed by atoms with Crippen LogP contribution in [0, 0.1) is 0 Å².